The van der Waals surface area contributed by atoms with Gasteiger partial charge in [0.05, 0.1) is 17.6 Å². The molecule has 2 heterocycles. The lowest BCUT2D eigenvalue weighted by Crippen LogP contribution is -2.32. The Morgan fingerprint density at radius 1 is 1.46 bits per heavy atom. The Bertz CT molecular complexity index is 701. The summed E-state index contributed by atoms with van der Waals surface area (Å²) < 4.78 is 7.95. The molecule has 0 aliphatic carbocycles. The SMILES string of the molecule is COc1cc(NC(=O)c2ccn(C3CCCNC3)n2)ccc1Br.Cl. The number of rotatable bonds is 4. The number of ether oxygens (including phenoxy) is 1. The lowest BCUT2D eigenvalue weighted by molar-refractivity contribution is 0.102. The summed E-state index contributed by atoms with van der Waals surface area (Å²) in [7, 11) is 1.59. The highest BCUT2D eigenvalue weighted by Gasteiger charge is 2.18. The fourth-order valence-corrected chi connectivity index (χ4v) is 3.06. The Morgan fingerprint density at radius 2 is 2.29 bits per heavy atom. The van der Waals surface area contributed by atoms with Crippen molar-refractivity contribution in [3.63, 3.8) is 0 Å². The van der Waals surface area contributed by atoms with E-state index in [-0.39, 0.29) is 18.3 Å². The van der Waals surface area contributed by atoms with E-state index in [4.69, 9.17) is 4.74 Å². The van der Waals surface area contributed by atoms with Crippen molar-refractivity contribution in [2.24, 2.45) is 0 Å². The monoisotopic (exact) mass is 414 g/mol. The highest BCUT2D eigenvalue weighted by atomic mass is 79.9. The number of carbonyl (C=O) groups is 1. The van der Waals surface area contributed by atoms with Crippen molar-refractivity contribution < 1.29 is 9.53 Å². The highest BCUT2D eigenvalue weighted by Crippen LogP contribution is 2.28. The Labute approximate surface area is 155 Å². The van der Waals surface area contributed by atoms with E-state index in [2.05, 4.69) is 31.7 Å². The van der Waals surface area contributed by atoms with Crippen LogP contribution in [-0.4, -0.2) is 35.9 Å². The average molecular weight is 416 g/mol. The standard InChI is InChI=1S/C16H19BrN4O2.ClH/c1-23-15-9-11(4-5-13(15)17)19-16(22)14-6-8-21(20-14)12-3-2-7-18-10-12;/h4-6,8-9,12,18H,2-3,7,10H2,1H3,(H,19,22);1H. The van der Waals surface area contributed by atoms with E-state index in [1.165, 1.54) is 0 Å². The van der Waals surface area contributed by atoms with E-state index in [0.717, 1.165) is 30.4 Å². The van der Waals surface area contributed by atoms with Gasteiger partial charge in [0, 0.05) is 24.5 Å². The molecule has 1 aliphatic heterocycles. The van der Waals surface area contributed by atoms with E-state index in [0.29, 0.717) is 23.2 Å². The second kappa shape index (κ2) is 8.50. The van der Waals surface area contributed by atoms with Gasteiger partial charge in [-0.15, -0.1) is 12.4 Å². The van der Waals surface area contributed by atoms with E-state index in [1.54, 1.807) is 19.2 Å². The molecule has 3 rings (SSSR count). The third kappa shape index (κ3) is 4.28. The maximum Gasteiger partial charge on any atom is 0.276 e. The lowest BCUT2D eigenvalue weighted by Gasteiger charge is -2.22. The molecular formula is C16H20BrClN4O2. The van der Waals surface area contributed by atoms with Gasteiger partial charge in [0.2, 0.25) is 0 Å². The number of amides is 1. The summed E-state index contributed by atoms with van der Waals surface area (Å²) in [4.78, 5) is 12.3. The van der Waals surface area contributed by atoms with Gasteiger partial charge in [-0.1, -0.05) is 0 Å². The molecular weight excluding hydrogens is 396 g/mol. The normalized spacial score (nSPS) is 17.0. The fraction of sp³-hybridized carbons (Fsp3) is 0.375. The Kier molecular flexibility index (Phi) is 6.65. The van der Waals surface area contributed by atoms with Crippen LogP contribution in [0.4, 0.5) is 5.69 Å². The van der Waals surface area contributed by atoms with E-state index in [9.17, 15) is 4.79 Å². The van der Waals surface area contributed by atoms with Crippen LogP contribution in [0.3, 0.4) is 0 Å². The molecule has 0 bridgehead atoms. The molecule has 1 amide bonds. The molecule has 2 N–H and O–H groups in total. The Hall–Kier alpha value is -1.57. The van der Waals surface area contributed by atoms with Crippen LogP contribution >= 0.6 is 28.3 Å². The van der Waals surface area contributed by atoms with Crippen LogP contribution in [-0.2, 0) is 0 Å². The molecule has 1 saturated heterocycles. The third-order valence-electron chi connectivity index (χ3n) is 3.89. The molecule has 0 radical (unpaired) electrons. The first-order chi connectivity index (χ1) is 11.2. The van der Waals surface area contributed by atoms with Crippen LogP contribution < -0.4 is 15.4 Å². The summed E-state index contributed by atoms with van der Waals surface area (Å²) in [5.41, 5.74) is 1.08. The maximum absolute atomic E-state index is 12.3. The fourth-order valence-electron chi connectivity index (χ4n) is 2.65. The molecule has 0 saturated carbocycles. The van der Waals surface area contributed by atoms with E-state index >= 15 is 0 Å². The zero-order valence-electron chi connectivity index (χ0n) is 13.3. The van der Waals surface area contributed by atoms with Gasteiger partial charge < -0.3 is 15.4 Å². The molecule has 1 unspecified atom stereocenters. The van der Waals surface area contributed by atoms with Crippen LogP contribution in [0.1, 0.15) is 29.4 Å². The van der Waals surface area contributed by atoms with Crippen LogP contribution in [0.5, 0.6) is 5.75 Å². The average Bonchev–Trinajstić information content (AvgIpc) is 3.07. The second-order valence-corrected chi connectivity index (χ2v) is 6.34. The lowest BCUT2D eigenvalue weighted by atomic mass is 10.1. The largest absolute Gasteiger partial charge is 0.495 e. The number of nitrogens with zero attached hydrogens (tertiary/aromatic N) is 2. The first kappa shape index (κ1) is 18.8. The van der Waals surface area contributed by atoms with Crippen LogP contribution in [0.2, 0.25) is 0 Å². The first-order valence-electron chi connectivity index (χ1n) is 7.58. The summed E-state index contributed by atoms with van der Waals surface area (Å²) in [6, 6.07) is 7.48. The van der Waals surface area contributed by atoms with Crippen molar-refractivity contribution in [1.29, 1.82) is 0 Å². The summed E-state index contributed by atoms with van der Waals surface area (Å²) in [5, 5.41) is 10.6. The van der Waals surface area contributed by atoms with Gasteiger partial charge in [0.25, 0.3) is 5.91 Å². The summed E-state index contributed by atoms with van der Waals surface area (Å²) in [6.45, 7) is 1.95. The number of aromatic nitrogens is 2. The van der Waals surface area contributed by atoms with Gasteiger partial charge in [-0.25, -0.2) is 0 Å². The van der Waals surface area contributed by atoms with E-state index < -0.39 is 0 Å². The number of piperidine rings is 1. The third-order valence-corrected chi connectivity index (χ3v) is 4.55. The minimum Gasteiger partial charge on any atom is -0.495 e. The molecule has 6 nitrogen and oxygen atoms in total. The molecule has 1 atom stereocenters. The quantitative estimate of drug-likeness (QED) is 0.804. The Balaban J connectivity index is 0.00000208. The van der Waals surface area contributed by atoms with Crippen molar-refractivity contribution >= 4 is 39.9 Å². The number of anilines is 1. The molecule has 0 spiro atoms. The molecule has 1 aliphatic rings. The highest BCUT2D eigenvalue weighted by molar-refractivity contribution is 9.10. The van der Waals surface area contributed by atoms with Gasteiger partial charge in [0.15, 0.2) is 5.69 Å². The summed E-state index contributed by atoms with van der Waals surface area (Å²) in [6.07, 6.45) is 4.08. The molecule has 2 aromatic rings. The van der Waals surface area contributed by atoms with E-state index in [1.807, 2.05) is 23.0 Å². The van der Waals surface area contributed by atoms with Gasteiger partial charge >= 0.3 is 0 Å². The number of hydrogen-bond acceptors (Lipinski definition) is 4. The zero-order valence-corrected chi connectivity index (χ0v) is 15.7. The van der Waals surface area contributed by atoms with Gasteiger partial charge in [0.1, 0.15) is 5.75 Å². The number of benzene rings is 1. The number of nitrogens with one attached hydrogen (secondary N) is 2. The smallest absolute Gasteiger partial charge is 0.276 e. The molecule has 24 heavy (non-hydrogen) atoms. The Morgan fingerprint density at radius 3 is 3.00 bits per heavy atom. The first-order valence-corrected chi connectivity index (χ1v) is 8.37. The van der Waals surface area contributed by atoms with Crippen molar-refractivity contribution in [3.05, 3.63) is 40.6 Å². The van der Waals surface area contributed by atoms with Crippen LogP contribution in [0.25, 0.3) is 0 Å². The number of halogens is 2. The summed E-state index contributed by atoms with van der Waals surface area (Å²) >= 11 is 3.39. The second-order valence-electron chi connectivity index (χ2n) is 5.48. The number of carbonyl (C=O) groups excluding carboxylic acids is 1. The molecule has 1 aromatic heterocycles. The van der Waals surface area contributed by atoms with Crippen molar-refractivity contribution in [1.82, 2.24) is 15.1 Å². The van der Waals surface area contributed by atoms with Gasteiger partial charge in [-0.2, -0.15) is 5.10 Å². The predicted molar refractivity (Wildman–Crippen MR) is 99.3 cm³/mol. The van der Waals surface area contributed by atoms with Crippen molar-refractivity contribution in [3.8, 4) is 5.75 Å². The predicted octanol–water partition coefficient (Wildman–Crippen LogP) is 3.25. The van der Waals surface area contributed by atoms with Crippen LogP contribution in [0, 0.1) is 0 Å². The topological polar surface area (TPSA) is 68.2 Å². The minimum atomic E-state index is -0.225. The van der Waals surface area contributed by atoms with Crippen molar-refractivity contribution in [2.45, 2.75) is 18.9 Å². The van der Waals surface area contributed by atoms with Gasteiger partial charge in [-0.05, 0) is 53.5 Å². The molecule has 8 heteroatoms. The molecule has 1 fully saturated rings. The summed E-state index contributed by atoms with van der Waals surface area (Å²) in [5.74, 6) is 0.443. The number of hydrogen-bond donors (Lipinski definition) is 2. The minimum absolute atomic E-state index is 0. The zero-order chi connectivity index (χ0) is 16.2. The molecule has 130 valence electrons. The maximum atomic E-state index is 12.3. The van der Waals surface area contributed by atoms with Gasteiger partial charge in [-0.3, -0.25) is 9.48 Å². The van der Waals surface area contributed by atoms with Crippen molar-refractivity contribution in [2.75, 3.05) is 25.5 Å². The molecule has 1 aromatic carbocycles. The van der Waals surface area contributed by atoms with Crippen LogP contribution in [0.15, 0.2) is 34.9 Å². The number of methoxy groups -OCH3 is 1.